The Bertz CT molecular complexity index is 433. The minimum absolute atomic E-state index is 0.223. The average Bonchev–Trinajstić information content (AvgIpc) is 2.72. The number of hydrogen-bond acceptors (Lipinski definition) is 4. The van der Waals surface area contributed by atoms with Gasteiger partial charge in [0.2, 0.25) is 5.91 Å². The van der Waals surface area contributed by atoms with Gasteiger partial charge in [0.1, 0.15) is 5.82 Å². The highest BCUT2D eigenvalue weighted by Crippen LogP contribution is 2.26. The molecule has 1 saturated heterocycles. The monoisotopic (exact) mass is 248 g/mol. The molecule has 1 aliphatic heterocycles. The molecule has 18 heavy (non-hydrogen) atoms. The zero-order chi connectivity index (χ0) is 13.1. The van der Waals surface area contributed by atoms with E-state index in [-0.39, 0.29) is 5.91 Å². The molecule has 5 heteroatoms. The summed E-state index contributed by atoms with van der Waals surface area (Å²) in [5, 5.41) is 0. The summed E-state index contributed by atoms with van der Waals surface area (Å²) in [6, 6.07) is 3.80. The van der Waals surface area contributed by atoms with Crippen molar-refractivity contribution in [3.05, 3.63) is 23.9 Å². The Morgan fingerprint density at radius 1 is 1.61 bits per heavy atom. The number of aromatic nitrogens is 1. The van der Waals surface area contributed by atoms with E-state index in [0.717, 1.165) is 12.1 Å². The molecule has 0 radical (unpaired) electrons. The molecule has 1 amide bonds. The summed E-state index contributed by atoms with van der Waals surface area (Å²) in [7, 11) is 0. The van der Waals surface area contributed by atoms with Crippen LogP contribution >= 0.6 is 0 Å². The van der Waals surface area contributed by atoms with Crippen LogP contribution in [0.3, 0.4) is 0 Å². The van der Waals surface area contributed by atoms with Gasteiger partial charge in [0, 0.05) is 31.3 Å². The highest BCUT2D eigenvalue weighted by Gasteiger charge is 2.31. The number of pyridine rings is 1. The Hall–Kier alpha value is -1.62. The topological polar surface area (TPSA) is 71.2 Å². The Balaban J connectivity index is 2.08. The fourth-order valence-corrected chi connectivity index (χ4v) is 2.30. The molecule has 5 nitrogen and oxygen atoms in total. The van der Waals surface area contributed by atoms with Crippen molar-refractivity contribution in [3.8, 4) is 0 Å². The SMILES string of the molecule is CC(C)C1CC(=O)N(Cc2cccnc2NN)C1. The van der Waals surface area contributed by atoms with E-state index in [0.29, 0.717) is 30.6 Å². The Morgan fingerprint density at radius 3 is 3.00 bits per heavy atom. The van der Waals surface area contributed by atoms with Crippen LogP contribution in [-0.4, -0.2) is 22.3 Å². The van der Waals surface area contributed by atoms with Gasteiger partial charge in [0.05, 0.1) is 0 Å². The molecule has 2 rings (SSSR count). The number of nitrogens with two attached hydrogens (primary N) is 1. The maximum absolute atomic E-state index is 11.9. The van der Waals surface area contributed by atoms with Gasteiger partial charge in [-0.05, 0) is 17.9 Å². The van der Waals surface area contributed by atoms with Crippen molar-refractivity contribution in [3.63, 3.8) is 0 Å². The second-order valence-electron chi connectivity index (χ2n) is 5.14. The van der Waals surface area contributed by atoms with Crippen molar-refractivity contribution < 1.29 is 4.79 Å². The van der Waals surface area contributed by atoms with Gasteiger partial charge < -0.3 is 10.3 Å². The normalized spacial score (nSPS) is 19.7. The lowest BCUT2D eigenvalue weighted by Crippen LogP contribution is -2.26. The van der Waals surface area contributed by atoms with Gasteiger partial charge in [-0.25, -0.2) is 10.8 Å². The van der Waals surface area contributed by atoms with Crippen LogP contribution in [0.5, 0.6) is 0 Å². The Morgan fingerprint density at radius 2 is 2.39 bits per heavy atom. The second kappa shape index (κ2) is 5.35. The minimum Gasteiger partial charge on any atom is -0.338 e. The number of nitrogens with zero attached hydrogens (tertiary/aromatic N) is 2. The predicted molar refractivity (Wildman–Crippen MR) is 70.4 cm³/mol. The van der Waals surface area contributed by atoms with E-state index in [4.69, 9.17) is 5.84 Å². The number of carbonyl (C=O) groups is 1. The van der Waals surface area contributed by atoms with Crippen molar-refractivity contribution in [1.29, 1.82) is 0 Å². The fourth-order valence-electron chi connectivity index (χ4n) is 2.30. The van der Waals surface area contributed by atoms with Gasteiger partial charge in [0.25, 0.3) is 0 Å². The van der Waals surface area contributed by atoms with Crippen molar-refractivity contribution >= 4 is 11.7 Å². The maximum atomic E-state index is 11.9. The minimum atomic E-state index is 0.223. The summed E-state index contributed by atoms with van der Waals surface area (Å²) in [6.07, 6.45) is 2.34. The highest BCUT2D eigenvalue weighted by molar-refractivity contribution is 5.78. The summed E-state index contributed by atoms with van der Waals surface area (Å²) >= 11 is 0. The molecular formula is C13H20N4O. The van der Waals surface area contributed by atoms with Gasteiger partial charge in [-0.15, -0.1) is 0 Å². The number of nitrogens with one attached hydrogen (secondary N) is 1. The van der Waals surface area contributed by atoms with Gasteiger partial charge >= 0.3 is 0 Å². The molecule has 1 aliphatic rings. The lowest BCUT2D eigenvalue weighted by molar-refractivity contribution is -0.128. The number of anilines is 1. The zero-order valence-corrected chi connectivity index (χ0v) is 10.9. The van der Waals surface area contributed by atoms with Crippen molar-refractivity contribution in [1.82, 2.24) is 9.88 Å². The molecule has 0 spiro atoms. The molecule has 2 heterocycles. The van der Waals surface area contributed by atoms with Crippen molar-refractivity contribution in [2.24, 2.45) is 17.7 Å². The van der Waals surface area contributed by atoms with E-state index < -0.39 is 0 Å². The van der Waals surface area contributed by atoms with Crippen LogP contribution in [0.25, 0.3) is 0 Å². The van der Waals surface area contributed by atoms with Crippen LogP contribution in [-0.2, 0) is 11.3 Å². The lowest BCUT2D eigenvalue weighted by atomic mass is 9.95. The molecule has 0 aliphatic carbocycles. The first-order valence-electron chi connectivity index (χ1n) is 6.30. The molecule has 3 N–H and O–H groups in total. The molecule has 98 valence electrons. The largest absolute Gasteiger partial charge is 0.338 e. The molecule has 0 bridgehead atoms. The van der Waals surface area contributed by atoms with E-state index in [2.05, 4.69) is 24.3 Å². The number of nitrogen functional groups attached to an aromatic ring is 1. The van der Waals surface area contributed by atoms with Gasteiger partial charge in [-0.3, -0.25) is 4.79 Å². The van der Waals surface area contributed by atoms with E-state index >= 15 is 0 Å². The highest BCUT2D eigenvalue weighted by atomic mass is 16.2. The van der Waals surface area contributed by atoms with Gasteiger partial charge in [0.15, 0.2) is 0 Å². The van der Waals surface area contributed by atoms with Crippen LogP contribution in [0, 0.1) is 11.8 Å². The van der Waals surface area contributed by atoms with E-state index in [1.165, 1.54) is 0 Å². The van der Waals surface area contributed by atoms with Gasteiger partial charge in [-0.2, -0.15) is 0 Å². The summed E-state index contributed by atoms with van der Waals surface area (Å²) in [5.74, 6) is 7.28. The number of hydrogen-bond donors (Lipinski definition) is 2. The summed E-state index contributed by atoms with van der Waals surface area (Å²) in [4.78, 5) is 18.0. The van der Waals surface area contributed by atoms with Crippen LogP contribution < -0.4 is 11.3 Å². The van der Waals surface area contributed by atoms with E-state index in [1.807, 2.05) is 17.0 Å². The predicted octanol–water partition coefficient (Wildman–Crippen LogP) is 1.37. The first-order valence-corrected chi connectivity index (χ1v) is 6.30. The molecule has 1 fully saturated rings. The summed E-state index contributed by atoms with van der Waals surface area (Å²) in [6.45, 7) is 5.74. The van der Waals surface area contributed by atoms with Crippen LogP contribution in [0.2, 0.25) is 0 Å². The summed E-state index contributed by atoms with van der Waals surface area (Å²) < 4.78 is 0. The van der Waals surface area contributed by atoms with Gasteiger partial charge in [-0.1, -0.05) is 19.9 Å². The Labute approximate surface area is 107 Å². The number of rotatable bonds is 4. The smallest absolute Gasteiger partial charge is 0.223 e. The van der Waals surface area contributed by atoms with Crippen molar-refractivity contribution in [2.75, 3.05) is 12.0 Å². The Kier molecular flexibility index (Phi) is 3.81. The molecule has 0 saturated carbocycles. The standard InChI is InChI=1S/C13H20N4O/c1-9(2)11-6-12(18)17(8-11)7-10-4-3-5-15-13(10)16-14/h3-5,9,11H,6-8,14H2,1-2H3,(H,15,16). The molecule has 1 aromatic rings. The number of amides is 1. The fraction of sp³-hybridized carbons (Fsp3) is 0.538. The second-order valence-corrected chi connectivity index (χ2v) is 5.14. The summed E-state index contributed by atoms with van der Waals surface area (Å²) in [5.41, 5.74) is 3.53. The van der Waals surface area contributed by atoms with E-state index in [9.17, 15) is 4.79 Å². The first kappa shape index (κ1) is 12.8. The van der Waals surface area contributed by atoms with Crippen molar-refractivity contribution in [2.45, 2.75) is 26.8 Å². The van der Waals surface area contributed by atoms with Crippen LogP contribution in [0.15, 0.2) is 18.3 Å². The first-order chi connectivity index (χ1) is 8.61. The zero-order valence-electron chi connectivity index (χ0n) is 10.9. The number of hydrazine groups is 1. The third kappa shape index (κ3) is 2.61. The average molecular weight is 248 g/mol. The molecule has 0 aromatic carbocycles. The third-order valence-corrected chi connectivity index (χ3v) is 3.58. The van der Waals surface area contributed by atoms with Crippen LogP contribution in [0.4, 0.5) is 5.82 Å². The number of carbonyl (C=O) groups excluding carboxylic acids is 1. The number of likely N-dealkylation sites (tertiary alicyclic amines) is 1. The molecule has 1 aromatic heterocycles. The maximum Gasteiger partial charge on any atom is 0.223 e. The van der Waals surface area contributed by atoms with E-state index in [1.54, 1.807) is 6.20 Å². The lowest BCUT2D eigenvalue weighted by Gasteiger charge is -2.19. The van der Waals surface area contributed by atoms with Crippen LogP contribution in [0.1, 0.15) is 25.8 Å². The quantitative estimate of drug-likeness (QED) is 0.623. The molecule has 1 unspecified atom stereocenters. The third-order valence-electron chi connectivity index (χ3n) is 3.58. The molecular weight excluding hydrogens is 228 g/mol. The molecule has 1 atom stereocenters.